The van der Waals surface area contributed by atoms with Gasteiger partial charge >= 0.3 is 0 Å². The molecule has 16 heavy (non-hydrogen) atoms. The van der Waals surface area contributed by atoms with Crippen LogP contribution in [0.4, 0.5) is 0 Å². The zero-order chi connectivity index (χ0) is 11.4. The summed E-state index contributed by atoms with van der Waals surface area (Å²) in [4.78, 5) is 11.6. The van der Waals surface area contributed by atoms with E-state index in [0.29, 0.717) is 24.5 Å². The van der Waals surface area contributed by atoms with E-state index < -0.39 is 0 Å². The summed E-state index contributed by atoms with van der Waals surface area (Å²) in [6.45, 7) is 0.822. The molecule has 4 heteroatoms. The Balaban J connectivity index is 1.55. The molecule has 2 saturated carbocycles. The second kappa shape index (κ2) is 5.64. The van der Waals surface area contributed by atoms with Crippen LogP contribution in [0.25, 0.3) is 0 Å². The third-order valence-corrected chi connectivity index (χ3v) is 3.50. The van der Waals surface area contributed by atoms with Crippen LogP contribution in [0.1, 0.15) is 44.9 Å². The van der Waals surface area contributed by atoms with Crippen molar-refractivity contribution in [2.45, 2.75) is 63.1 Å². The van der Waals surface area contributed by atoms with E-state index in [-0.39, 0.29) is 5.91 Å². The zero-order valence-electron chi connectivity index (χ0n) is 9.87. The Morgan fingerprint density at radius 3 is 2.31 bits per heavy atom. The number of carbonyl (C=O) groups excluding carboxylic acids is 1. The first-order valence-electron chi connectivity index (χ1n) is 6.52. The van der Waals surface area contributed by atoms with Crippen molar-refractivity contribution in [1.29, 1.82) is 0 Å². The number of nitrogens with one attached hydrogen (secondary N) is 2. The van der Waals surface area contributed by atoms with Crippen molar-refractivity contribution in [3.63, 3.8) is 0 Å². The first kappa shape index (κ1) is 11.9. The Morgan fingerprint density at radius 1 is 1.06 bits per heavy atom. The fraction of sp³-hybridized carbons (Fsp3) is 0.917. The lowest BCUT2D eigenvalue weighted by Crippen LogP contribution is -2.41. The van der Waals surface area contributed by atoms with Crippen molar-refractivity contribution < 1.29 is 4.79 Å². The minimum absolute atomic E-state index is 0.189. The van der Waals surface area contributed by atoms with Crippen molar-refractivity contribution >= 4 is 5.91 Å². The molecule has 0 radical (unpaired) electrons. The lowest BCUT2D eigenvalue weighted by molar-refractivity contribution is -0.121. The van der Waals surface area contributed by atoms with Crippen LogP contribution in [0, 0.1) is 0 Å². The highest BCUT2D eigenvalue weighted by molar-refractivity contribution is 5.76. The fourth-order valence-electron chi connectivity index (χ4n) is 2.24. The van der Waals surface area contributed by atoms with Gasteiger partial charge in [-0.1, -0.05) is 0 Å². The van der Waals surface area contributed by atoms with Gasteiger partial charge in [-0.05, 0) is 38.5 Å². The van der Waals surface area contributed by atoms with Crippen LogP contribution in [-0.4, -0.2) is 30.6 Å². The van der Waals surface area contributed by atoms with E-state index in [4.69, 9.17) is 5.73 Å². The summed E-state index contributed by atoms with van der Waals surface area (Å²) >= 11 is 0. The number of hydrogen-bond acceptors (Lipinski definition) is 3. The molecule has 0 aromatic heterocycles. The minimum Gasteiger partial charge on any atom is -0.353 e. The van der Waals surface area contributed by atoms with Crippen LogP contribution < -0.4 is 16.4 Å². The molecule has 0 bridgehead atoms. The Morgan fingerprint density at radius 2 is 1.69 bits per heavy atom. The number of hydrogen-bond donors (Lipinski definition) is 3. The molecular formula is C12H23N3O. The molecule has 0 atom stereocenters. The maximum absolute atomic E-state index is 11.6. The predicted molar refractivity (Wildman–Crippen MR) is 64.0 cm³/mol. The molecule has 4 N–H and O–H groups in total. The lowest BCUT2D eigenvalue weighted by atomic mass is 9.92. The van der Waals surface area contributed by atoms with Gasteiger partial charge in [0, 0.05) is 31.1 Å². The SMILES string of the molecule is NC1CCC(NC(=O)CCNC2CC2)CC1. The molecule has 4 nitrogen and oxygen atoms in total. The van der Waals surface area contributed by atoms with Gasteiger partial charge in [-0.3, -0.25) is 4.79 Å². The van der Waals surface area contributed by atoms with Crippen LogP contribution in [-0.2, 0) is 4.79 Å². The third kappa shape index (κ3) is 4.10. The van der Waals surface area contributed by atoms with E-state index in [1.165, 1.54) is 12.8 Å². The molecular weight excluding hydrogens is 202 g/mol. The van der Waals surface area contributed by atoms with Crippen LogP contribution >= 0.6 is 0 Å². The van der Waals surface area contributed by atoms with E-state index in [0.717, 1.165) is 32.2 Å². The lowest BCUT2D eigenvalue weighted by Gasteiger charge is -2.26. The van der Waals surface area contributed by atoms with E-state index in [1.807, 2.05) is 0 Å². The van der Waals surface area contributed by atoms with Crippen LogP contribution in [0.5, 0.6) is 0 Å². The third-order valence-electron chi connectivity index (χ3n) is 3.50. The molecule has 0 aromatic carbocycles. The predicted octanol–water partition coefficient (Wildman–Crippen LogP) is 0.515. The molecule has 2 aliphatic rings. The highest BCUT2D eigenvalue weighted by Crippen LogP contribution is 2.18. The molecule has 0 spiro atoms. The maximum Gasteiger partial charge on any atom is 0.221 e. The molecule has 2 aliphatic carbocycles. The highest BCUT2D eigenvalue weighted by Gasteiger charge is 2.21. The second-order valence-corrected chi connectivity index (χ2v) is 5.16. The van der Waals surface area contributed by atoms with Gasteiger partial charge in [0.25, 0.3) is 0 Å². The van der Waals surface area contributed by atoms with Crippen LogP contribution in [0.15, 0.2) is 0 Å². The Labute approximate surface area is 97.3 Å². The second-order valence-electron chi connectivity index (χ2n) is 5.16. The van der Waals surface area contributed by atoms with Gasteiger partial charge in [0.1, 0.15) is 0 Å². The van der Waals surface area contributed by atoms with Crippen molar-refractivity contribution in [2.75, 3.05) is 6.54 Å². The molecule has 0 unspecified atom stereocenters. The number of nitrogens with two attached hydrogens (primary N) is 1. The van der Waals surface area contributed by atoms with Crippen molar-refractivity contribution in [1.82, 2.24) is 10.6 Å². The average molecular weight is 225 g/mol. The standard InChI is InChI=1S/C12H23N3O/c13-9-1-3-11(4-2-9)15-12(16)7-8-14-10-5-6-10/h9-11,14H,1-8,13H2,(H,15,16). The summed E-state index contributed by atoms with van der Waals surface area (Å²) in [6.07, 6.45) is 7.35. The summed E-state index contributed by atoms with van der Waals surface area (Å²) in [7, 11) is 0. The Kier molecular flexibility index (Phi) is 4.18. The molecule has 2 rings (SSSR count). The largest absolute Gasteiger partial charge is 0.353 e. The molecule has 0 aliphatic heterocycles. The van der Waals surface area contributed by atoms with Crippen molar-refractivity contribution in [3.05, 3.63) is 0 Å². The zero-order valence-corrected chi connectivity index (χ0v) is 9.87. The van der Waals surface area contributed by atoms with E-state index in [2.05, 4.69) is 10.6 Å². The molecule has 0 heterocycles. The van der Waals surface area contributed by atoms with E-state index in [1.54, 1.807) is 0 Å². The summed E-state index contributed by atoms with van der Waals surface area (Å²) < 4.78 is 0. The van der Waals surface area contributed by atoms with Gasteiger partial charge in [-0.15, -0.1) is 0 Å². The van der Waals surface area contributed by atoms with Crippen molar-refractivity contribution in [2.24, 2.45) is 5.73 Å². The van der Waals surface area contributed by atoms with E-state index in [9.17, 15) is 4.79 Å². The van der Waals surface area contributed by atoms with Crippen LogP contribution in [0.2, 0.25) is 0 Å². The Bertz CT molecular complexity index is 232. The van der Waals surface area contributed by atoms with Gasteiger partial charge in [0.2, 0.25) is 5.91 Å². The highest BCUT2D eigenvalue weighted by atomic mass is 16.1. The Hall–Kier alpha value is -0.610. The quantitative estimate of drug-likeness (QED) is 0.639. The molecule has 0 aromatic rings. The van der Waals surface area contributed by atoms with E-state index >= 15 is 0 Å². The van der Waals surface area contributed by atoms with Gasteiger partial charge in [-0.25, -0.2) is 0 Å². The van der Waals surface area contributed by atoms with Gasteiger partial charge in [0.15, 0.2) is 0 Å². The summed E-state index contributed by atoms with van der Waals surface area (Å²) in [5.74, 6) is 0.189. The van der Waals surface area contributed by atoms with Crippen LogP contribution in [0.3, 0.4) is 0 Å². The number of carbonyl (C=O) groups is 1. The number of rotatable bonds is 5. The maximum atomic E-state index is 11.6. The first-order chi connectivity index (χ1) is 7.74. The average Bonchev–Trinajstić information content (AvgIpc) is 3.05. The van der Waals surface area contributed by atoms with Gasteiger partial charge in [0.05, 0.1) is 0 Å². The molecule has 1 amide bonds. The van der Waals surface area contributed by atoms with Gasteiger partial charge in [-0.2, -0.15) is 0 Å². The normalized spacial score (nSPS) is 30.1. The molecule has 92 valence electrons. The molecule has 0 saturated heterocycles. The summed E-state index contributed by atoms with van der Waals surface area (Å²) in [5, 5.41) is 6.45. The minimum atomic E-state index is 0.189. The monoisotopic (exact) mass is 225 g/mol. The topological polar surface area (TPSA) is 67.1 Å². The fourth-order valence-corrected chi connectivity index (χ4v) is 2.24. The number of amides is 1. The molecule has 2 fully saturated rings. The van der Waals surface area contributed by atoms with Gasteiger partial charge < -0.3 is 16.4 Å². The summed E-state index contributed by atoms with van der Waals surface area (Å²) in [5.41, 5.74) is 5.83. The first-order valence-corrected chi connectivity index (χ1v) is 6.52. The van der Waals surface area contributed by atoms with Crippen molar-refractivity contribution in [3.8, 4) is 0 Å². The summed E-state index contributed by atoms with van der Waals surface area (Å²) in [6, 6.07) is 1.42. The smallest absolute Gasteiger partial charge is 0.221 e.